The number of carbonyl (C=O) groups excluding carboxylic acids is 2. The zero-order chi connectivity index (χ0) is 17.8. The molecule has 25 heavy (non-hydrogen) atoms. The maximum Gasteiger partial charge on any atom is 0.339 e. The number of nitrogens with one attached hydrogen (secondary N) is 1. The maximum absolute atomic E-state index is 12.8. The molecule has 0 bridgehead atoms. The monoisotopic (exact) mass is 341 g/mol. The van der Waals surface area contributed by atoms with Gasteiger partial charge in [-0.25, -0.2) is 4.79 Å². The lowest BCUT2D eigenvalue weighted by Gasteiger charge is -2.26. The van der Waals surface area contributed by atoms with Gasteiger partial charge in [0.15, 0.2) is 0 Å². The largest absolute Gasteiger partial charge is 0.465 e. The number of likely N-dealkylation sites (tertiary alicyclic amines) is 1. The van der Waals surface area contributed by atoms with Crippen molar-refractivity contribution in [1.29, 1.82) is 0 Å². The highest BCUT2D eigenvalue weighted by atomic mass is 16.5. The van der Waals surface area contributed by atoms with E-state index in [2.05, 4.69) is 16.0 Å². The zero-order valence-electron chi connectivity index (χ0n) is 14.6. The van der Waals surface area contributed by atoms with Crippen LogP contribution in [0.4, 0.5) is 5.69 Å². The predicted molar refractivity (Wildman–Crippen MR) is 95.5 cm³/mol. The van der Waals surface area contributed by atoms with Gasteiger partial charge in [0.1, 0.15) is 0 Å². The van der Waals surface area contributed by atoms with Crippen molar-refractivity contribution in [2.24, 2.45) is 0 Å². The first-order valence-corrected chi connectivity index (χ1v) is 8.43. The van der Waals surface area contributed by atoms with E-state index in [1.165, 1.54) is 12.0 Å². The molecule has 1 amide bonds. The Kier molecular flexibility index (Phi) is 5.19. The Morgan fingerprint density at radius 1 is 1.28 bits per heavy atom. The van der Waals surface area contributed by atoms with Gasteiger partial charge in [0.05, 0.1) is 30.9 Å². The molecule has 1 fully saturated rings. The SMILES string of the molecule is COC(=O)c1ccccc1N(C)C(=O)CN1CCC[C@H]1c1ccc[nH]1. The van der Waals surface area contributed by atoms with Crippen LogP contribution < -0.4 is 4.90 Å². The van der Waals surface area contributed by atoms with E-state index >= 15 is 0 Å². The van der Waals surface area contributed by atoms with E-state index in [9.17, 15) is 9.59 Å². The molecule has 1 atom stereocenters. The molecule has 1 aliphatic heterocycles. The number of esters is 1. The normalized spacial score (nSPS) is 17.4. The van der Waals surface area contributed by atoms with Gasteiger partial charge in [0.2, 0.25) is 5.91 Å². The average Bonchev–Trinajstić information content (AvgIpc) is 3.31. The summed E-state index contributed by atoms with van der Waals surface area (Å²) in [6.45, 7) is 1.21. The smallest absolute Gasteiger partial charge is 0.339 e. The second-order valence-corrected chi connectivity index (χ2v) is 6.22. The summed E-state index contributed by atoms with van der Waals surface area (Å²) in [5.41, 5.74) is 2.10. The Morgan fingerprint density at radius 2 is 2.08 bits per heavy atom. The van der Waals surface area contributed by atoms with Crippen LogP contribution in [0.5, 0.6) is 0 Å². The number of H-pyrrole nitrogens is 1. The van der Waals surface area contributed by atoms with Gasteiger partial charge >= 0.3 is 5.97 Å². The molecule has 1 aliphatic rings. The Labute approximate surface area is 147 Å². The molecule has 2 heterocycles. The molecular formula is C19H23N3O3. The van der Waals surface area contributed by atoms with Crippen molar-refractivity contribution in [2.75, 3.05) is 32.1 Å². The van der Waals surface area contributed by atoms with Gasteiger partial charge in [-0.05, 0) is 43.7 Å². The standard InChI is InChI=1S/C19H23N3O3/c1-21(16-9-4-3-7-14(16)19(24)25-2)18(23)13-22-12-6-10-17(22)15-8-5-11-20-15/h3-5,7-9,11,17,20H,6,10,12-13H2,1-2H3/t17-/m0/s1. The number of likely N-dealkylation sites (N-methyl/N-ethyl adjacent to an activating group) is 1. The van der Waals surface area contributed by atoms with Crippen molar-refractivity contribution in [3.63, 3.8) is 0 Å². The second-order valence-electron chi connectivity index (χ2n) is 6.22. The minimum absolute atomic E-state index is 0.0465. The summed E-state index contributed by atoms with van der Waals surface area (Å²) in [5.74, 6) is -0.490. The summed E-state index contributed by atoms with van der Waals surface area (Å²) in [4.78, 5) is 31.7. The van der Waals surface area contributed by atoms with Crippen molar-refractivity contribution in [2.45, 2.75) is 18.9 Å². The minimum atomic E-state index is -0.444. The molecule has 1 N–H and O–H groups in total. The fourth-order valence-corrected chi connectivity index (χ4v) is 3.38. The topological polar surface area (TPSA) is 65.6 Å². The summed E-state index contributed by atoms with van der Waals surface area (Å²) >= 11 is 0. The van der Waals surface area contributed by atoms with Crippen LogP contribution in [-0.2, 0) is 9.53 Å². The van der Waals surface area contributed by atoms with Gasteiger partial charge in [-0.2, -0.15) is 0 Å². The molecule has 0 aliphatic carbocycles. The van der Waals surface area contributed by atoms with Crippen LogP contribution in [0.2, 0.25) is 0 Å². The molecule has 6 nitrogen and oxygen atoms in total. The van der Waals surface area contributed by atoms with E-state index in [1.54, 1.807) is 25.2 Å². The van der Waals surface area contributed by atoms with Gasteiger partial charge in [0, 0.05) is 18.9 Å². The molecule has 2 aromatic rings. The fourth-order valence-electron chi connectivity index (χ4n) is 3.38. The van der Waals surface area contributed by atoms with Crippen LogP contribution in [0.15, 0.2) is 42.6 Å². The van der Waals surface area contributed by atoms with Gasteiger partial charge in [-0.15, -0.1) is 0 Å². The number of hydrogen-bond donors (Lipinski definition) is 1. The molecule has 1 aromatic heterocycles. The lowest BCUT2D eigenvalue weighted by molar-refractivity contribution is -0.119. The Bertz CT molecular complexity index is 742. The molecular weight excluding hydrogens is 318 g/mol. The van der Waals surface area contributed by atoms with E-state index in [-0.39, 0.29) is 11.9 Å². The Hall–Kier alpha value is -2.60. The third kappa shape index (κ3) is 3.58. The number of benzene rings is 1. The maximum atomic E-state index is 12.8. The number of aromatic amines is 1. The van der Waals surface area contributed by atoms with Crippen molar-refractivity contribution in [3.05, 3.63) is 53.9 Å². The van der Waals surface area contributed by atoms with Crippen molar-refractivity contribution < 1.29 is 14.3 Å². The number of nitrogens with zero attached hydrogens (tertiary/aromatic N) is 2. The van der Waals surface area contributed by atoms with Crippen LogP contribution in [0.25, 0.3) is 0 Å². The van der Waals surface area contributed by atoms with E-state index in [1.807, 2.05) is 18.3 Å². The number of aromatic nitrogens is 1. The highest BCUT2D eigenvalue weighted by molar-refractivity contribution is 6.02. The van der Waals surface area contributed by atoms with E-state index < -0.39 is 5.97 Å². The minimum Gasteiger partial charge on any atom is -0.465 e. The molecule has 3 rings (SSSR count). The Morgan fingerprint density at radius 3 is 2.80 bits per heavy atom. The summed E-state index contributed by atoms with van der Waals surface area (Å²) < 4.78 is 4.81. The number of methoxy groups -OCH3 is 1. The van der Waals surface area contributed by atoms with Crippen molar-refractivity contribution in [1.82, 2.24) is 9.88 Å². The predicted octanol–water partition coefficient (Wildman–Crippen LogP) is 2.60. The highest BCUT2D eigenvalue weighted by Gasteiger charge is 2.29. The molecule has 0 radical (unpaired) electrons. The lowest BCUT2D eigenvalue weighted by atomic mass is 10.1. The second kappa shape index (κ2) is 7.53. The summed E-state index contributed by atoms with van der Waals surface area (Å²) in [6, 6.07) is 11.3. The van der Waals surface area contributed by atoms with Gasteiger partial charge in [0.25, 0.3) is 0 Å². The van der Waals surface area contributed by atoms with Crippen molar-refractivity contribution >= 4 is 17.6 Å². The van der Waals surface area contributed by atoms with Gasteiger partial charge in [-0.3, -0.25) is 9.69 Å². The first kappa shape index (κ1) is 17.2. The summed E-state index contributed by atoms with van der Waals surface area (Å²) in [7, 11) is 3.04. The van der Waals surface area contributed by atoms with Crippen molar-refractivity contribution in [3.8, 4) is 0 Å². The Balaban J connectivity index is 1.74. The number of ether oxygens (including phenoxy) is 1. The third-order valence-corrected chi connectivity index (χ3v) is 4.73. The number of para-hydroxylation sites is 1. The molecule has 6 heteroatoms. The zero-order valence-corrected chi connectivity index (χ0v) is 14.6. The molecule has 0 unspecified atom stereocenters. The third-order valence-electron chi connectivity index (χ3n) is 4.73. The van der Waals surface area contributed by atoms with E-state index in [0.717, 1.165) is 25.1 Å². The number of amides is 1. The lowest BCUT2D eigenvalue weighted by Crippen LogP contribution is -2.38. The highest BCUT2D eigenvalue weighted by Crippen LogP contribution is 2.31. The fraction of sp³-hybridized carbons (Fsp3) is 0.368. The molecule has 0 spiro atoms. The van der Waals surface area contributed by atoms with E-state index in [4.69, 9.17) is 4.74 Å². The number of anilines is 1. The van der Waals surface area contributed by atoms with Crippen LogP contribution in [0, 0.1) is 0 Å². The van der Waals surface area contributed by atoms with E-state index in [0.29, 0.717) is 17.8 Å². The first-order valence-electron chi connectivity index (χ1n) is 8.43. The molecule has 1 saturated heterocycles. The quantitative estimate of drug-likeness (QED) is 0.849. The molecule has 0 saturated carbocycles. The number of carbonyl (C=O) groups is 2. The first-order chi connectivity index (χ1) is 12.1. The number of hydrogen-bond acceptors (Lipinski definition) is 4. The van der Waals surface area contributed by atoms with Crippen LogP contribution in [0.1, 0.15) is 34.9 Å². The number of rotatable bonds is 5. The van der Waals surface area contributed by atoms with Crippen LogP contribution in [-0.4, -0.2) is 49.0 Å². The van der Waals surface area contributed by atoms with Gasteiger partial charge in [-0.1, -0.05) is 12.1 Å². The van der Waals surface area contributed by atoms with Gasteiger partial charge < -0.3 is 14.6 Å². The average molecular weight is 341 g/mol. The van der Waals surface area contributed by atoms with Crippen LogP contribution >= 0.6 is 0 Å². The summed E-state index contributed by atoms with van der Waals surface area (Å²) in [6.07, 6.45) is 4.02. The molecule has 132 valence electrons. The van der Waals surface area contributed by atoms with Crippen LogP contribution in [0.3, 0.4) is 0 Å². The summed E-state index contributed by atoms with van der Waals surface area (Å²) in [5, 5.41) is 0. The molecule has 1 aromatic carbocycles.